The number of nitrogens with zero attached hydrogens (tertiary/aromatic N) is 2. The highest BCUT2D eigenvalue weighted by atomic mass is 16.5. The molecular formula is C12H23N3O2. The van der Waals surface area contributed by atoms with Gasteiger partial charge in [-0.15, -0.1) is 0 Å². The van der Waals surface area contributed by atoms with E-state index in [2.05, 4.69) is 22.4 Å². The van der Waals surface area contributed by atoms with Crippen molar-refractivity contribution in [3.8, 4) is 0 Å². The second-order valence-electron chi connectivity index (χ2n) is 4.58. The first kappa shape index (κ1) is 14.1. The summed E-state index contributed by atoms with van der Waals surface area (Å²) in [4.78, 5) is 4.39. The lowest BCUT2D eigenvalue weighted by Gasteiger charge is -2.19. The van der Waals surface area contributed by atoms with Crippen LogP contribution in [0.5, 0.6) is 0 Å². The second kappa shape index (κ2) is 6.12. The Morgan fingerprint density at radius 3 is 2.71 bits per heavy atom. The molecule has 0 radical (unpaired) electrons. The van der Waals surface area contributed by atoms with Crippen molar-refractivity contribution in [2.75, 3.05) is 13.2 Å². The van der Waals surface area contributed by atoms with Gasteiger partial charge in [0.2, 0.25) is 11.7 Å². The SMILES string of the molecule is CCCNC(C)c1nc(C(C)(C)OCC)no1. The van der Waals surface area contributed by atoms with Crippen molar-refractivity contribution in [1.29, 1.82) is 0 Å². The summed E-state index contributed by atoms with van der Waals surface area (Å²) in [5.74, 6) is 1.21. The lowest BCUT2D eigenvalue weighted by Crippen LogP contribution is -2.24. The average Bonchev–Trinajstić information content (AvgIpc) is 2.75. The van der Waals surface area contributed by atoms with Crippen LogP contribution in [0.1, 0.15) is 58.8 Å². The molecule has 0 spiro atoms. The largest absolute Gasteiger partial charge is 0.368 e. The Morgan fingerprint density at radius 1 is 1.41 bits per heavy atom. The maximum absolute atomic E-state index is 5.58. The minimum absolute atomic E-state index is 0.0774. The standard InChI is InChI=1S/C12H23N3O2/c1-6-8-13-9(3)10-14-11(15-17-10)12(4,5)16-7-2/h9,13H,6-8H2,1-5H3. The van der Waals surface area contributed by atoms with Gasteiger partial charge >= 0.3 is 0 Å². The zero-order valence-corrected chi connectivity index (χ0v) is 11.4. The lowest BCUT2D eigenvalue weighted by atomic mass is 10.1. The maximum Gasteiger partial charge on any atom is 0.243 e. The van der Waals surface area contributed by atoms with Gasteiger partial charge in [-0.05, 0) is 40.7 Å². The molecule has 0 bridgehead atoms. The number of hydrogen-bond donors (Lipinski definition) is 1. The highest BCUT2D eigenvalue weighted by Gasteiger charge is 2.28. The van der Waals surface area contributed by atoms with E-state index in [-0.39, 0.29) is 6.04 Å². The smallest absolute Gasteiger partial charge is 0.243 e. The minimum atomic E-state index is -0.499. The Hall–Kier alpha value is -0.940. The molecule has 1 N–H and O–H groups in total. The van der Waals surface area contributed by atoms with E-state index in [1.807, 2.05) is 27.7 Å². The molecule has 0 aliphatic heterocycles. The molecule has 0 fully saturated rings. The average molecular weight is 241 g/mol. The van der Waals surface area contributed by atoms with E-state index < -0.39 is 5.60 Å². The summed E-state index contributed by atoms with van der Waals surface area (Å²) in [5, 5.41) is 7.29. The van der Waals surface area contributed by atoms with Crippen LogP contribution in [0, 0.1) is 0 Å². The summed E-state index contributed by atoms with van der Waals surface area (Å²) in [5.41, 5.74) is -0.499. The number of ether oxygens (including phenoxy) is 1. The van der Waals surface area contributed by atoms with Crippen molar-refractivity contribution in [2.45, 2.75) is 52.7 Å². The van der Waals surface area contributed by atoms with Crippen molar-refractivity contribution in [3.63, 3.8) is 0 Å². The van der Waals surface area contributed by atoms with Gasteiger partial charge in [-0.3, -0.25) is 0 Å². The molecule has 1 aromatic rings. The van der Waals surface area contributed by atoms with Crippen molar-refractivity contribution in [1.82, 2.24) is 15.5 Å². The van der Waals surface area contributed by atoms with Gasteiger partial charge in [0.1, 0.15) is 5.60 Å². The second-order valence-corrected chi connectivity index (χ2v) is 4.58. The van der Waals surface area contributed by atoms with Crippen LogP contribution < -0.4 is 5.32 Å². The molecule has 1 atom stereocenters. The quantitative estimate of drug-likeness (QED) is 0.794. The van der Waals surface area contributed by atoms with E-state index in [9.17, 15) is 0 Å². The predicted molar refractivity (Wildman–Crippen MR) is 65.7 cm³/mol. The Kier molecular flexibility index (Phi) is 5.08. The molecule has 0 aliphatic rings. The first-order valence-electron chi connectivity index (χ1n) is 6.22. The molecule has 1 rings (SSSR count). The van der Waals surface area contributed by atoms with Gasteiger partial charge < -0.3 is 14.6 Å². The molecule has 5 nitrogen and oxygen atoms in total. The van der Waals surface area contributed by atoms with Crippen LogP contribution >= 0.6 is 0 Å². The molecule has 5 heteroatoms. The number of rotatable bonds is 7. The van der Waals surface area contributed by atoms with Crippen LogP contribution in [0.15, 0.2) is 4.52 Å². The zero-order valence-electron chi connectivity index (χ0n) is 11.4. The van der Waals surface area contributed by atoms with E-state index in [1.165, 1.54) is 0 Å². The summed E-state index contributed by atoms with van der Waals surface area (Å²) >= 11 is 0. The van der Waals surface area contributed by atoms with Crippen LogP contribution in [0.3, 0.4) is 0 Å². The van der Waals surface area contributed by atoms with Gasteiger partial charge in [-0.1, -0.05) is 12.1 Å². The molecular weight excluding hydrogens is 218 g/mol. The molecule has 0 amide bonds. The summed E-state index contributed by atoms with van der Waals surface area (Å²) in [7, 11) is 0. The van der Waals surface area contributed by atoms with Gasteiger partial charge in [0, 0.05) is 6.61 Å². The third kappa shape index (κ3) is 3.78. The van der Waals surface area contributed by atoms with Crippen molar-refractivity contribution >= 4 is 0 Å². The molecule has 1 aromatic heterocycles. The summed E-state index contributed by atoms with van der Waals surface area (Å²) in [6.07, 6.45) is 1.08. The lowest BCUT2D eigenvalue weighted by molar-refractivity contribution is -0.0221. The fourth-order valence-corrected chi connectivity index (χ4v) is 1.53. The van der Waals surface area contributed by atoms with Crippen LogP contribution in [-0.4, -0.2) is 23.3 Å². The highest BCUT2D eigenvalue weighted by molar-refractivity contribution is 4.99. The monoisotopic (exact) mass is 241 g/mol. The number of nitrogens with one attached hydrogen (secondary N) is 1. The van der Waals surface area contributed by atoms with Crippen LogP contribution in [-0.2, 0) is 10.3 Å². The van der Waals surface area contributed by atoms with Crippen LogP contribution in [0.25, 0.3) is 0 Å². The summed E-state index contributed by atoms with van der Waals surface area (Å²) < 4.78 is 10.8. The molecule has 0 saturated heterocycles. The normalized spacial score (nSPS) is 13.9. The molecule has 1 heterocycles. The number of hydrogen-bond acceptors (Lipinski definition) is 5. The Bertz CT molecular complexity index is 336. The molecule has 98 valence electrons. The van der Waals surface area contributed by atoms with E-state index in [0.717, 1.165) is 13.0 Å². The Labute approximate surface area is 103 Å². The van der Waals surface area contributed by atoms with E-state index >= 15 is 0 Å². The Morgan fingerprint density at radius 2 is 2.12 bits per heavy atom. The third-order valence-electron chi connectivity index (χ3n) is 2.56. The number of aromatic nitrogens is 2. The van der Waals surface area contributed by atoms with E-state index in [4.69, 9.17) is 9.26 Å². The highest BCUT2D eigenvalue weighted by Crippen LogP contribution is 2.22. The van der Waals surface area contributed by atoms with Gasteiger partial charge in [0.05, 0.1) is 6.04 Å². The molecule has 1 unspecified atom stereocenters. The van der Waals surface area contributed by atoms with E-state index in [1.54, 1.807) is 0 Å². The van der Waals surface area contributed by atoms with Gasteiger partial charge in [-0.2, -0.15) is 4.98 Å². The molecule has 0 saturated carbocycles. The third-order valence-corrected chi connectivity index (χ3v) is 2.56. The molecule has 0 aromatic carbocycles. The van der Waals surface area contributed by atoms with Crippen LogP contribution in [0.4, 0.5) is 0 Å². The van der Waals surface area contributed by atoms with Gasteiger partial charge in [0.25, 0.3) is 0 Å². The summed E-state index contributed by atoms with van der Waals surface area (Å²) in [6, 6.07) is 0.0774. The zero-order chi connectivity index (χ0) is 12.9. The van der Waals surface area contributed by atoms with Crippen molar-refractivity contribution in [3.05, 3.63) is 11.7 Å². The van der Waals surface area contributed by atoms with Crippen molar-refractivity contribution < 1.29 is 9.26 Å². The summed E-state index contributed by atoms with van der Waals surface area (Å²) in [6.45, 7) is 11.5. The predicted octanol–water partition coefficient (Wildman–Crippen LogP) is 2.40. The van der Waals surface area contributed by atoms with Gasteiger partial charge in [-0.25, -0.2) is 0 Å². The van der Waals surface area contributed by atoms with E-state index in [0.29, 0.717) is 18.3 Å². The maximum atomic E-state index is 5.58. The first-order valence-corrected chi connectivity index (χ1v) is 6.22. The molecule has 17 heavy (non-hydrogen) atoms. The molecule has 0 aliphatic carbocycles. The first-order chi connectivity index (χ1) is 8.01. The minimum Gasteiger partial charge on any atom is -0.368 e. The van der Waals surface area contributed by atoms with Crippen molar-refractivity contribution in [2.24, 2.45) is 0 Å². The topological polar surface area (TPSA) is 60.2 Å². The fourth-order valence-electron chi connectivity index (χ4n) is 1.53. The Balaban J connectivity index is 2.70. The van der Waals surface area contributed by atoms with Gasteiger partial charge in [0.15, 0.2) is 0 Å². The van der Waals surface area contributed by atoms with Crippen LogP contribution in [0.2, 0.25) is 0 Å². The fraction of sp³-hybridized carbons (Fsp3) is 0.833.